The van der Waals surface area contributed by atoms with E-state index >= 15 is 0 Å². The summed E-state index contributed by atoms with van der Waals surface area (Å²) in [5, 5.41) is 13.7. The SMILES string of the molecule is CSCCc1nc(CSc2nncn2C)n(Cc2ccccc2C)n1. The Labute approximate surface area is 156 Å². The van der Waals surface area contributed by atoms with Gasteiger partial charge in [-0.2, -0.15) is 16.9 Å². The van der Waals surface area contributed by atoms with Crippen LogP contribution in [-0.2, 0) is 25.8 Å². The molecule has 0 N–H and O–H groups in total. The van der Waals surface area contributed by atoms with E-state index in [2.05, 4.69) is 47.6 Å². The third-order valence-electron chi connectivity index (χ3n) is 3.90. The Bertz CT molecular complexity index is 826. The largest absolute Gasteiger partial charge is 0.312 e. The van der Waals surface area contributed by atoms with Crippen molar-refractivity contribution in [1.29, 1.82) is 0 Å². The molecule has 132 valence electrons. The minimum atomic E-state index is 0.727. The molecule has 0 bridgehead atoms. The van der Waals surface area contributed by atoms with E-state index in [9.17, 15) is 0 Å². The van der Waals surface area contributed by atoms with Gasteiger partial charge >= 0.3 is 0 Å². The van der Waals surface area contributed by atoms with Crippen molar-refractivity contribution >= 4 is 23.5 Å². The summed E-state index contributed by atoms with van der Waals surface area (Å²) in [4.78, 5) is 4.76. The zero-order chi connectivity index (χ0) is 17.6. The van der Waals surface area contributed by atoms with E-state index in [4.69, 9.17) is 10.1 Å². The molecule has 0 aliphatic carbocycles. The van der Waals surface area contributed by atoms with Crippen LogP contribution in [-0.4, -0.2) is 41.5 Å². The van der Waals surface area contributed by atoms with E-state index in [1.807, 2.05) is 28.1 Å². The lowest BCUT2D eigenvalue weighted by atomic mass is 10.1. The first-order valence-corrected chi connectivity index (χ1v) is 10.5. The van der Waals surface area contributed by atoms with Gasteiger partial charge in [0.05, 0.1) is 12.3 Å². The van der Waals surface area contributed by atoms with Gasteiger partial charge in [0.1, 0.15) is 12.2 Å². The Hall–Kier alpha value is -1.80. The number of hydrogen-bond acceptors (Lipinski definition) is 6. The van der Waals surface area contributed by atoms with E-state index in [-0.39, 0.29) is 0 Å². The maximum Gasteiger partial charge on any atom is 0.191 e. The fourth-order valence-corrected chi connectivity index (χ4v) is 3.65. The van der Waals surface area contributed by atoms with Gasteiger partial charge in [0, 0.05) is 19.2 Å². The van der Waals surface area contributed by atoms with Crippen LogP contribution < -0.4 is 0 Å². The highest BCUT2D eigenvalue weighted by molar-refractivity contribution is 7.98. The average Bonchev–Trinajstić information content (AvgIpc) is 3.19. The van der Waals surface area contributed by atoms with Crippen LogP contribution in [0.2, 0.25) is 0 Å². The van der Waals surface area contributed by atoms with Gasteiger partial charge < -0.3 is 4.57 Å². The number of aryl methyl sites for hydroxylation is 3. The number of hydrogen-bond donors (Lipinski definition) is 0. The Morgan fingerprint density at radius 1 is 1.20 bits per heavy atom. The van der Waals surface area contributed by atoms with E-state index in [0.717, 1.165) is 41.3 Å². The van der Waals surface area contributed by atoms with Gasteiger partial charge in [0.2, 0.25) is 0 Å². The predicted molar refractivity (Wildman–Crippen MR) is 103 cm³/mol. The molecular weight excluding hydrogens is 352 g/mol. The molecule has 3 rings (SSSR count). The molecule has 0 saturated carbocycles. The van der Waals surface area contributed by atoms with Crippen molar-refractivity contribution in [2.45, 2.75) is 30.8 Å². The third-order valence-corrected chi connectivity index (χ3v) is 5.55. The van der Waals surface area contributed by atoms with Crippen molar-refractivity contribution in [2.75, 3.05) is 12.0 Å². The molecule has 0 atom stereocenters. The molecule has 0 fully saturated rings. The molecule has 25 heavy (non-hydrogen) atoms. The van der Waals surface area contributed by atoms with Crippen molar-refractivity contribution in [2.24, 2.45) is 7.05 Å². The highest BCUT2D eigenvalue weighted by Gasteiger charge is 2.13. The second-order valence-electron chi connectivity index (χ2n) is 5.78. The number of rotatable bonds is 8. The third kappa shape index (κ3) is 4.64. The van der Waals surface area contributed by atoms with Crippen LogP contribution in [0.5, 0.6) is 0 Å². The molecule has 0 saturated heterocycles. The average molecular weight is 375 g/mol. The summed E-state index contributed by atoms with van der Waals surface area (Å²) in [5.41, 5.74) is 2.55. The highest BCUT2D eigenvalue weighted by Crippen LogP contribution is 2.20. The topological polar surface area (TPSA) is 61.4 Å². The zero-order valence-electron chi connectivity index (χ0n) is 14.7. The molecule has 0 aliphatic heterocycles. The molecule has 3 aromatic rings. The van der Waals surface area contributed by atoms with Crippen LogP contribution in [0.25, 0.3) is 0 Å². The van der Waals surface area contributed by atoms with Crippen molar-refractivity contribution in [3.05, 3.63) is 53.4 Å². The van der Waals surface area contributed by atoms with Gasteiger partial charge in [0.15, 0.2) is 11.0 Å². The van der Waals surface area contributed by atoms with E-state index < -0.39 is 0 Å². The summed E-state index contributed by atoms with van der Waals surface area (Å²) in [6, 6.07) is 8.42. The van der Waals surface area contributed by atoms with Crippen LogP contribution in [0.4, 0.5) is 0 Å². The van der Waals surface area contributed by atoms with E-state index in [1.165, 1.54) is 11.1 Å². The second-order valence-corrected chi connectivity index (χ2v) is 7.71. The van der Waals surface area contributed by atoms with Crippen molar-refractivity contribution < 1.29 is 0 Å². The maximum absolute atomic E-state index is 4.76. The van der Waals surface area contributed by atoms with Crippen molar-refractivity contribution in [3.63, 3.8) is 0 Å². The molecule has 2 heterocycles. The number of nitrogens with zero attached hydrogens (tertiary/aromatic N) is 6. The molecule has 1 aromatic carbocycles. The molecular formula is C17H22N6S2. The summed E-state index contributed by atoms with van der Waals surface area (Å²) < 4.78 is 3.95. The van der Waals surface area contributed by atoms with Gasteiger partial charge in [-0.1, -0.05) is 36.0 Å². The molecule has 8 heteroatoms. The summed E-state index contributed by atoms with van der Waals surface area (Å²) in [7, 11) is 1.95. The Kier molecular flexibility index (Phi) is 6.14. The van der Waals surface area contributed by atoms with Gasteiger partial charge in [-0.25, -0.2) is 9.67 Å². The minimum Gasteiger partial charge on any atom is -0.312 e. The van der Waals surface area contributed by atoms with E-state index in [1.54, 1.807) is 18.1 Å². The van der Waals surface area contributed by atoms with Crippen molar-refractivity contribution in [1.82, 2.24) is 29.5 Å². The van der Waals surface area contributed by atoms with Crippen molar-refractivity contribution in [3.8, 4) is 0 Å². The van der Waals surface area contributed by atoms with Gasteiger partial charge in [-0.3, -0.25) is 0 Å². The Morgan fingerprint density at radius 2 is 2.04 bits per heavy atom. The van der Waals surface area contributed by atoms with Crippen LogP contribution in [0.1, 0.15) is 22.8 Å². The minimum absolute atomic E-state index is 0.727. The fraction of sp³-hybridized carbons (Fsp3) is 0.412. The number of benzene rings is 1. The predicted octanol–water partition coefficient (Wildman–Crippen LogP) is 2.96. The van der Waals surface area contributed by atoms with Gasteiger partial charge in [-0.15, -0.1) is 10.2 Å². The molecule has 6 nitrogen and oxygen atoms in total. The Morgan fingerprint density at radius 3 is 2.76 bits per heavy atom. The Balaban J connectivity index is 1.80. The first-order valence-electron chi connectivity index (χ1n) is 8.10. The maximum atomic E-state index is 4.76. The number of thioether (sulfide) groups is 2. The summed E-state index contributed by atoms with van der Waals surface area (Å²) in [6.07, 6.45) is 4.71. The smallest absolute Gasteiger partial charge is 0.191 e. The first-order chi connectivity index (χ1) is 12.2. The van der Waals surface area contributed by atoms with Gasteiger partial charge in [0.25, 0.3) is 0 Å². The summed E-state index contributed by atoms with van der Waals surface area (Å²) in [5.74, 6) is 3.65. The lowest BCUT2D eigenvalue weighted by molar-refractivity contribution is 0.647. The van der Waals surface area contributed by atoms with Crippen LogP contribution in [0, 0.1) is 6.92 Å². The monoisotopic (exact) mass is 374 g/mol. The highest BCUT2D eigenvalue weighted by atomic mass is 32.2. The molecule has 0 unspecified atom stereocenters. The molecule has 0 radical (unpaired) electrons. The van der Waals surface area contributed by atoms with E-state index in [0.29, 0.717) is 0 Å². The molecule has 0 aliphatic rings. The summed E-state index contributed by atoms with van der Waals surface area (Å²) >= 11 is 3.45. The number of aromatic nitrogens is 6. The zero-order valence-corrected chi connectivity index (χ0v) is 16.3. The second kappa shape index (κ2) is 8.53. The standard InChI is InChI=1S/C17H22N6S2/c1-13-6-4-5-7-14(13)10-23-16(19-15(21-23)8-9-24-3)11-25-17-20-18-12-22(17)2/h4-7,12H,8-11H2,1-3H3. The normalized spacial score (nSPS) is 11.2. The first kappa shape index (κ1) is 18.0. The van der Waals surface area contributed by atoms with Crippen LogP contribution >= 0.6 is 23.5 Å². The molecule has 0 amide bonds. The van der Waals surface area contributed by atoms with Crippen LogP contribution in [0.15, 0.2) is 35.7 Å². The quantitative estimate of drug-likeness (QED) is 0.565. The molecule has 2 aromatic heterocycles. The lowest BCUT2D eigenvalue weighted by Gasteiger charge is -2.08. The summed E-state index contributed by atoms with van der Waals surface area (Å²) in [6.45, 7) is 2.88. The van der Waals surface area contributed by atoms with Crippen LogP contribution in [0.3, 0.4) is 0 Å². The van der Waals surface area contributed by atoms with Gasteiger partial charge in [-0.05, 0) is 24.3 Å². The lowest BCUT2D eigenvalue weighted by Crippen LogP contribution is -2.08. The fourth-order valence-electron chi connectivity index (χ4n) is 2.44. The molecule has 0 spiro atoms.